The van der Waals surface area contributed by atoms with Crippen molar-refractivity contribution in [1.82, 2.24) is 14.8 Å². The van der Waals surface area contributed by atoms with Crippen LogP contribution in [0.15, 0.2) is 54.7 Å². The Labute approximate surface area is 212 Å². The number of benzene rings is 2. The number of aliphatic hydroxyl groups is 1. The molecule has 0 unspecified atom stereocenters. The normalized spacial score (nSPS) is 24.0. The molecule has 36 heavy (non-hydrogen) atoms. The van der Waals surface area contributed by atoms with E-state index in [9.17, 15) is 15.2 Å². The molecule has 1 saturated heterocycles. The lowest BCUT2D eigenvalue weighted by Gasteiger charge is -2.37. The van der Waals surface area contributed by atoms with Gasteiger partial charge in [0.2, 0.25) is 0 Å². The molecule has 2 atom stereocenters. The van der Waals surface area contributed by atoms with Crippen molar-refractivity contribution in [3.63, 3.8) is 0 Å². The summed E-state index contributed by atoms with van der Waals surface area (Å²) in [4.78, 5) is 22.4. The van der Waals surface area contributed by atoms with Crippen LogP contribution in [-0.2, 0) is 18.5 Å². The first kappa shape index (κ1) is 23.1. The van der Waals surface area contributed by atoms with Gasteiger partial charge in [-0.3, -0.25) is 14.7 Å². The molecule has 0 bridgehead atoms. The summed E-state index contributed by atoms with van der Waals surface area (Å²) < 4.78 is 0. The van der Waals surface area contributed by atoms with Gasteiger partial charge in [-0.2, -0.15) is 5.26 Å². The largest absolute Gasteiger partial charge is 0.391 e. The number of piperidine rings is 1. The fraction of sp³-hybridized carbons (Fsp3) is 0.433. The van der Waals surface area contributed by atoms with Gasteiger partial charge >= 0.3 is 0 Å². The van der Waals surface area contributed by atoms with E-state index in [1.54, 1.807) is 6.20 Å². The number of hydrogen-bond donors (Lipinski definition) is 1. The lowest BCUT2D eigenvalue weighted by Crippen LogP contribution is -2.45. The van der Waals surface area contributed by atoms with Crippen molar-refractivity contribution in [2.75, 3.05) is 13.1 Å². The van der Waals surface area contributed by atoms with Crippen molar-refractivity contribution in [3.8, 4) is 6.07 Å². The number of nitrogens with zero attached hydrogens (tertiary/aromatic N) is 4. The Balaban J connectivity index is 1.27. The summed E-state index contributed by atoms with van der Waals surface area (Å²) in [6, 6.07) is 18.8. The molecule has 2 aromatic carbocycles. The Bertz CT molecular complexity index is 1320. The van der Waals surface area contributed by atoms with Crippen LogP contribution < -0.4 is 0 Å². The average Bonchev–Trinajstić information content (AvgIpc) is 3.26. The molecule has 1 saturated carbocycles. The molecule has 184 valence electrons. The Morgan fingerprint density at radius 1 is 1.06 bits per heavy atom. The zero-order valence-corrected chi connectivity index (χ0v) is 20.6. The molecule has 1 aromatic heterocycles. The quantitative estimate of drug-likeness (QED) is 0.593. The zero-order chi connectivity index (χ0) is 24.7. The summed E-state index contributed by atoms with van der Waals surface area (Å²) in [7, 11) is 0. The second kappa shape index (κ2) is 9.31. The topological polar surface area (TPSA) is 80.5 Å². The lowest BCUT2D eigenvalue weighted by atomic mass is 9.76. The van der Waals surface area contributed by atoms with E-state index in [0.29, 0.717) is 6.54 Å². The average molecular weight is 481 g/mol. The molecule has 6 nitrogen and oxygen atoms in total. The summed E-state index contributed by atoms with van der Waals surface area (Å²) >= 11 is 0. The predicted molar refractivity (Wildman–Crippen MR) is 138 cm³/mol. The maximum atomic E-state index is 13.6. The van der Waals surface area contributed by atoms with Gasteiger partial charge in [-0.25, -0.2) is 0 Å². The summed E-state index contributed by atoms with van der Waals surface area (Å²) in [5, 5.41) is 23.0. The number of rotatable bonds is 4. The van der Waals surface area contributed by atoms with Gasteiger partial charge in [0.1, 0.15) is 5.41 Å². The summed E-state index contributed by atoms with van der Waals surface area (Å²) in [5.74, 6) is 0.0558. The van der Waals surface area contributed by atoms with Crippen LogP contribution in [0.3, 0.4) is 0 Å². The van der Waals surface area contributed by atoms with Gasteiger partial charge in [0.25, 0.3) is 5.91 Å². The van der Waals surface area contributed by atoms with Crippen molar-refractivity contribution >= 4 is 16.7 Å². The number of amides is 1. The fourth-order valence-electron chi connectivity index (χ4n) is 6.53. The summed E-state index contributed by atoms with van der Waals surface area (Å²) in [5.41, 5.74) is 3.37. The molecule has 0 spiro atoms. The van der Waals surface area contributed by atoms with Crippen molar-refractivity contribution in [3.05, 3.63) is 77.1 Å². The van der Waals surface area contributed by atoms with Crippen LogP contribution in [0.5, 0.6) is 0 Å². The first-order valence-electron chi connectivity index (χ1n) is 13.2. The molecular weight excluding hydrogens is 448 g/mol. The molecule has 3 aliphatic rings. The Kier molecular flexibility index (Phi) is 5.99. The van der Waals surface area contributed by atoms with Gasteiger partial charge in [0.15, 0.2) is 0 Å². The number of hydrogen-bond acceptors (Lipinski definition) is 5. The molecule has 0 radical (unpaired) electrons. The monoisotopic (exact) mass is 480 g/mol. The zero-order valence-electron chi connectivity index (χ0n) is 20.6. The number of aliphatic hydroxyl groups excluding tert-OH is 1. The molecule has 2 fully saturated rings. The number of aromatic nitrogens is 1. The number of pyridine rings is 1. The maximum absolute atomic E-state index is 13.6. The fourth-order valence-corrected chi connectivity index (χ4v) is 6.53. The van der Waals surface area contributed by atoms with Crippen molar-refractivity contribution in [2.45, 2.75) is 69.2 Å². The minimum absolute atomic E-state index is 0.0558. The van der Waals surface area contributed by atoms with Crippen LogP contribution in [0.1, 0.15) is 65.7 Å². The summed E-state index contributed by atoms with van der Waals surface area (Å²) in [6.07, 6.45) is 6.56. The van der Waals surface area contributed by atoms with Crippen molar-refractivity contribution < 1.29 is 9.90 Å². The highest BCUT2D eigenvalue weighted by atomic mass is 16.3. The highest BCUT2D eigenvalue weighted by molar-refractivity contribution is 6.05. The summed E-state index contributed by atoms with van der Waals surface area (Å²) in [6.45, 7) is 2.94. The number of fused-ring (bicyclic) bond motifs is 3. The number of likely N-dealkylation sites (tertiary alicyclic amines) is 1. The smallest absolute Gasteiger partial charge is 0.254 e. The first-order chi connectivity index (χ1) is 17.6. The van der Waals surface area contributed by atoms with E-state index in [0.717, 1.165) is 85.9 Å². The van der Waals surface area contributed by atoms with Crippen LogP contribution >= 0.6 is 0 Å². The lowest BCUT2D eigenvalue weighted by molar-refractivity contribution is 0.0192. The molecule has 1 aliphatic carbocycles. The molecule has 2 aliphatic heterocycles. The first-order valence-corrected chi connectivity index (χ1v) is 13.2. The van der Waals surface area contributed by atoms with Gasteiger partial charge in [0.05, 0.1) is 23.9 Å². The Hall–Kier alpha value is -3.27. The molecule has 3 heterocycles. The predicted octanol–water partition coefficient (Wildman–Crippen LogP) is 4.55. The van der Waals surface area contributed by atoms with Gasteiger partial charge in [0, 0.05) is 37.9 Å². The van der Waals surface area contributed by atoms with Gasteiger partial charge in [-0.15, -0.1) is 0 Å². The van der Waals surface area contributed by atoms with Gasteiger partial charge in [-0.1, -0.05) is 43.2 Å². The van der Waals surface area contributed by atoms with Crippen molar-refractivity contribution in [2.24, 2.45) is 0 Å². The third-order valence-corrected chi connectivity index (χ3v) is 8.63. The van der Waals surface area contributed by atoms with Crippen LogP contribution in [0, 0.1) is 11.3 Å². The highest BCUT2D eigenvalue weighted by Crippen LogP contribution is 2.38. The SMILES string of the molecule is N#CC1(c2ccccn2)CCN(Cc2cc3c(c4ccccc24)CN([C@@H]2CCCC[C@@H]2O)C3=O)CC1. The van der Waals surface area contributed by atoms with Crippen LogP contribution in [0.2, 0.25) is 0 Å². The maximum Gasteiger partial charge on any atom is 0.254 e. The Morgan fingerprint density at radius 2 is 1.81 bits per heavy atom. The highest BCUT2D eigenvalue weighted by Gasteiger charge is 2.40. The number of nitriles is 1. The van der Waals surface area contributed by atoms with Crippen molar-refractivity contribution in [1.29, 1.82) is 5.26 Å². The van der Waals surface area contributed by atoms with E-state index >= 15 is 0 Å². The third-order valence-electron chi connectivity index (χ3n) is 8.63. The minimum Gasteiger partial charge on any atom is -0.391 e. The molecule has 6 heteroatoms. The van der Waals surface area contributed by atoms with E-state index < -0.39 is 11.5 Å². The van der Waals surface area contributed by atoms with E-state index in [4.69, 9.17) is 0 Å². The van der Waals surface area contributed by atoms with E-state index in [2.05, 4.69) is 40.2 Å². The minimum atomic E-state index is -0.533. The molecular formula is C30H32N4O2. The Morgan fingerprint density at radius 3 is 2.53 bits per heavy atom. The second-order valence-corrected chi connectivity index (χ2v) is 10.6. The van der Waals surface area contributed by atoms with E-state index in [1.807, 2.05) is 29.2 Å². The molecule has 6 rings (SSSR count). The number of carbonyl (C=O) groups excluding carboxylic acids is 1. The van der Waals surface area contributed by atoms with Gasteiger partial charge < -0.3 is 10.0 Å². The van der Waals surface area contributed by atoms with E-state index in [-0.39, 0.29) is 11.9 Å². The number of carbonyl (C=O) groups is 1. The second-order valence-electron chi connectivity index (χ2n) is 10.6. The van der Waals surface area contributed by atoms with Crippen LogP contribution in [-0.4, -0.2) is 51.0 Å². The van der Waals surface area contributed by atoms with E-state index in [1.165, 1.54) is 5.39 Å². The molecule has 1 amide bonds. The molecule has 3 aromatic rings. The third kappa shape index (κ3) is 3.87. The van der Waals surface area contributed by atoms with Crippen LogP contribution in [0.4, 0.5) is 0 Å². The van der Waals surface area contributed by atoms with Crippen LogP contribution in [0.25, 0.3) is 10.8 Å². The molecule has 1 N–H and O–H groups in total. The van der Waals surface area contributed by atoms with Gasteiger partial charge in [-0.05, 0) is 65.8 Å². The standard InChI is InChI=1S/C30H32N4O2/c31-20-30(28-11-5-6-14-32-28)12-15-33(16-13-30)18-21-17-24-25(23-8-2-1-7-22(21)23)19-34(29(24)36)26-9-3-4-10-27(26)35/h1-2,5-8,11,14,17,26-27,35H,3-4,9-10,12-13,15-16,18-19H2/t26-,27+/m1/s1.